The van der Waals surface area contributed by atoms with Crippen molar-refractivity contribution in [2.24, 2.45) is 0 Å². The number of benzene rings is 2. The van der Waals surface area contributed by atoms with Gasteiger partial charge in [0.25, 0.3) is 0 Å². The normalized spacial score (nSPS) is 10.5. The molecule has 3 rings (SSSR count). The van der Waals surface area contributed by atoms with Gasteiger partial charge in [-0.2, -0.15) is 0 Å². The largest absolute Gasteiger partial charge is 0.489 e. The summed E-state index contributed by atoms with van der Waals surface area (Å²) in [6, 6.07) is 22.1. The van der Waals surface area contributed by atoms with E-state index in [4.69, 9.17) is 9.47 Å². The van der Waals surface area contributed by atoms with E-state index in [-0.39, 0.29) is 0 Å². The molecule has 134 valence electrons. The van der Waals surface area contributed by atoms with Crippen molar-refractivity contribution in [1.29, 1.82) is 0 Å². The quantitative estimate of drug-likeness (QED) is 0.590. The van der Waals surface area contributed by atoms with Crippen LogP contribution in [0.4, 0.5) is 0 Å². The van der Waals surface area contributed by atoms with E-state index in [2.05, 4.69) is 41.5 Å². The molecular formula is C22H24N2O2. The van der Waals surface area contributed by atoms with Crippen molar-refractivity contribution >= 4 is 0 Å². The van der Waals surface area contributed by atoms with Crippen molar-refractivity contribution < 1.29 is 9.47 Å². The van der Waals surface area contributed by atoms with Crippen molar-refractivity contribution in [3.8, 4) is 11.6 Å². The molecule has 0 fully saturated rings. The minimum atomic E-state index is 0.584. The number of aromatic nitrogens is 1. The van der Waals surface area contributed by atoms with Crippen molar-refractivity contribution in [2.75, 3.05) is 13.2 Å². The van der Waals surface area contributed by atoms with Gasteiger partial charge in [0, 0.05) is 25.4 Å². The van der Waals surface area contributed by atoms with Crippen LogP contribution >= 0.6 is 0 Å². The Morgan fingerprint density at radius 1 is 0.923 bits per heavy atom. The Balaban J connectivity index is 1.42. The van der Waals surface area contributed by atoms with Gasteiger partial charge in [-0.1, -0.05) is 42.5 Å². The average Bonchev–Trinajstić information content (AvgIpc) is 2.68. The van der Waals surface area contributed by atoms with Crippen LogP contribution in [0.3, 0.4) is 0 Å². The summed E-state index contributed by atoms with van der Waals surface area (Å²) in [6.45, 7) is 4.80. The van der Waals surface area contributed by atoms with Gasteiger partial charge in [0.05, 0.1) is 0 Å². The van der Waals surface area contributed by atoms with E-state index in [1.54, 1.807) is 6.20 Å². The van der Waals surface area contributed by atoms with Crippen LogP contribution in [0.5, 0.6) is 11.6 Å². The van der Waals surface area contributed by atoms with E-state index in [0.29, 0.717) is 19.1 Å². The Kier molecular flexibility index (Phi) is 6.62. The predicted octanol–water partition coefficient (Wildman–Crippen LogP) is 4.14. The number of nitrogens with zero attached hydrogens (tertiary/aromatic N) is 1. The molecule has 0 unspecified atom stereocenters. The van der Waals surface area contributed by atoms with Gasteiger partial charge in [-0.3, -0.25) is 0 Å². The highest BCUT2D eigenvalue weighted by molar-refractivity contribution is 5.30. The number of rotatable bonds is 9. The molecule has 1 N–H and O–H groups in total. The van der Waals surface area contributed by atoms with E-state index < -0.39 is 0 Å². The number of nitrogens with one attached hydrogen (secondary N) is 1. The lowest BCUT2D eigenvalue weighted by Crippen LogP contribution is -2.20. The van der Waals surface area contributed by atoms with Crippen LogP contribution < -0.4 is 14.8 Å². The third-order valence-electron chi connectivity index (χ3n) is 4.05. The maximum atomic E-state index is 5.94. The lowest BCUT2D eigenvalue weighted by molar-refractivity contribution is 0.301. The van der Waals surface area contributed by atoms with Crippen LogP contribution in [0.1, 0.15) is 16.7 Å². The van der Waals surface area contributed by atoms with Crippen LogP contribution in [-0.4, -0.2) is 18.1 Å². The molecule has 0 radical (unpaired) electrons. The first-order chi connectivity index (χ1) is 12.8. The van der Waals surface area contributed by atoms with Crippen molar-refractivity contribution in [2.45, 2.75) is 20.1 Å². The number of hydrogen-bond acceptors (Lipinski definition) is 4. The summed E-state index contributed by atoms with van der Waals surface area (Å²) >= 11 is 0. The first-order valence-electron chi connectivity index (χ1n) is 8.82. The summed E-state index contributed by atoms with van der Waals surface area (Å²) in [5, 5.41) is 3.37. The van der Waals surface area contributed by atoms with Gasteiger partial charge in [0.2, 0.25) is 5.88 Å². The van der Waals surface area contributed by atoms with Crippen LogP contribution in [0, 0.1) is 6.92 Å². The van der Waals surface area contributed by atoms with Crippen LogP contribution in [-0.2, 0) is 13.2 Å². The van der Waals surface area contributed by atoms with Crippen LogP contribution in [0.15, 0.2) is 72.9 Å². The highest BCUT2D eigenvalue weighted by atomic mass is 16.5. The van der Waals surface area contributed by atoms with E-state index >= 15 is 0 Å². The second-order valence-corrected chi connectivity index (χ2v) is 6.06. The minimum Gasteiger partial charge on any atom is -0.489 e. The maximum absolute atomic E-state index is 5.94. The van der Waals surface area contributed by atoms with Crippen molar-refractivity contribution in [1.82, 2.24) is 10.3 Å². The zero-order valence-electron chi connectivity index (χ0n) is 15.0. The first-order valence-corrected chi connectivity index (χ1v) is 8.82. The fourth-order valence-electron chi connectivity index (χ4n) is 2.57. The van der Waals surface area contributed by atoms with Gasteiger partial charge in [0.1, 0.15) is 19.0 Å². The van der Waals surface area contributed by atoms with Gasteiger partial charge >= 0.3 is 0 Å². The van der Waals surface area contributed by atoms with Crippen molar-refractivity contribution in [3.05, 3.63) is 89.6 Å². The third-order valence-corrected chi connectivity index (χ3v) is 4.05. The highest BCUT2D eigenvalue weighted by Crippen LogP contribution is 2.16. The summed E-state index contributed by atoms with van der Waals surface area (Å²) in [5.41, 5.74) is 3.64. The average molecular weight is 348 g/mol. The molecule has 0 saturated heterocycles. The van der Waals surface area contributed by atoms with Crippen LogP contribution in [0.2, 0.25) is 0 Å². The zero-order chi connectivity index (χ0) is 18.0. The summed E-state index contributed by atoms with van der Waals surface area (Å²) < 4.78 is 11.5. The lowest BCUT2D eigenvalue weighted by atomic mass is 10.1. The summed E-state index contributed by atoms with van der Waals surface area (Å²) in [4.78, 5) is 4.13. The van der Waals surface area contributed by atoms with Gasteiger partial charge in [-0.15, -0.1) is 0 Å². The van der Waals surface area contributed by atoms with E-state index in [1.807, 2.05) is 42.5 Å². The van der Waals surface area contributed by atoms with Crippen molar-refractivity contribution in [3.63, 3.8) is 0 Å². The Morgan fingerprint density at radius 2 is 1.81 bits per heavy atom. The number of ether oxygens (including phenoxy) is 2. The van der Waals surface area contributed by atoms with Gasteiger partial charge in [0.15, 0.2) is 0 Å². The smallest absolute Gasteiger partial charge is 0.213 e. The first kappa shape index (κ1) is 18.0. The standard InChI is InChI=1S/C22H24N2O2/c1-18-7-2-3-9-20(18)17-26-21-10-6-8-19(15-21)16-23-13-14-25-22-11-4-5-12-24-22/h2-12,15,23H,13-14,16-17H2,1H3. The molecule has 0 aliphatic carbocycles. The Labute approximate surface area is 154 Å². The van der Waals surface area contributed by atoms with Gasteiger partial charge < -0.3 is 14.8 Å². The topological polar surface area (TPSA) is 43.4 Å². The molecule has 1 aromatic heterocycles. The molecular weight excluding hydrogens is 324 g/mol. The third kappa shape index (κ3) is 5.60. The lowest BCUT2D eigenvalue weighted by Gasteiger charge is -2.11. The maximum Gasteiger partial charge on any atom is 0.213 e. The molecule has 0 spiro atoms. The molecule has 0 aliphatic rings. The minimum absolute atomic E-state index is 0.584. The highest BCUT2D eigenvalue weighted by Gasteiger charge is 2.01. The Morgan fingerprint density at radius 3 is 2.65 bits per heavy atom. The second kappa shape index (κ2) is 9.59. The van der Waals surface area contributed by atoms with E-state index in [0.717, 1.165) is 18.8 Å². The molecule has 0 bridgehead atoms. The summed E-state index contributed by atoms with van der Waals surface area (Å²) in [7, 11) is 0. The Bertz CT molecular complexity index is 806. The molecule has 0 atom stereocenters. The molecule has 0 aliphatic heterocycles. The summed E-state index contributed by atoms with van der Waals surface area (Å²) in [5.74, 6) is 1.54. The van der Waals surface area contributed by atoms with Gasteiger partial charge in [-0.05, 0) is 41.8 Å². The molecule has 4 nitrogen and oxygen atoms in total. The van der Waals surface area contributed by atoms with E-state index in [1.165, 1.54) is 16.7 Å². The molecule has 4 heteroatoms. The molecule has 3 aromatic rings. The van der Waals surface area contributed by atoms with Gasteiger partial charge in [-0.25, -0.2) is 4.98 Å². The Hall–Kier alpha value is -2.85. The SMILES string of the molecule is Cc1ccccc1COc1cccc(CNCCOc2ccccn2)c1. The van der Waals surface area contributed by atoms with E-state index in [9.17, 15) is 0 Å². The molecule has 0 amide bonds. The second-order valence-electron chi connectivity index (χ2n) is 6.06. The molecule has 2 aromatic carbocycles. The fourth-order valence-corrected chi connectivity index (χ4v) is 2.57. The zero-order valence-corrected chi connectivity index (χ0v) is 15.0. The number of pyridine rings is 1. The van der Waals surface area contributed by atoms with Crippen LogP contribution in [0.25, 0.3) is 0 Å². The molecule has 0 saturated carbocycles. The predicted molar refractivity (Wildman–Crippen MR) is 103 cm³/mol. The molecule has 1 heterocycles. The number of aryl methyl sites for hydroxylation is 1. The fraction of sp³-hybridized carbons (Fsp3) is 0.227. The molecule has 26 heavy (non-hydrogen) atoms. The number of hydrogen-bond donors (Lipinski definition) is 1. The summed E-state index contributed by atoms with van der Waals surface area (Å²) in [6.07, 6.45) is 1.73. The monoisotopic (exact) mass is 348 g/mol.